The number of anilines is 1. The van der Waals surface area contributed by atoms with Crippen molar-refractivity contribution in [1.29, 1.82) is 0 Å². The number of halogens is 2. The second kappa shape index (κ2) is 5.20. The van der Waals surface area contributed by atoms with Gasteiger partial charge in [0.15, 0.2) is 0 Å². The van der Waals surface area contributed by atoms with E-state index < -0.39 is 0 Å². The first kappa shape index (κ1) is 14.2. The number of fused-ring (bicyclic) bond motifs is 1. The third-order valence-electron chi connectivity index (χ3n) is 3.23. The van der Waals surface area contributed by atoms with Crippen molar-refractivity contribution < 1.29 is 4.74 Å². The molecule has 0 aliphatic carbocycles. The highest BCUT2D eigenvalue weighted by atomic mass is 79.9. The monoisotopic (exact) mass is 366 g/mol. The van der Waals surface area contributed by atoms with Crippen LogP contribution in [0.4, 0.5) is 5.69 Å². The second-order valence-corrected chi connectivity index (χ2v) is 5.80. The summed E-state index contributed by atoms with van der Waals surface area (Å²) in [6, 6.07) is 7.28. The van der Waals surface area contributed by atoms with Crippen LogP contribution in [-0.4, -0.2) is 22.1 Å². The summed E-state index contributed by atoms with van der Waals surface area (Å²) in [6.45, 7) is 1.93. The first-order valence-corrected chi connectivity index (χ1v) is 7.34. The van der Waals surface area contributed by atoms with E-state index in [2.05, 4.69) is 26.1 Å². The van der Waals surface area contributed by atoms with Gasteiger partial charge in [0, 0.05) is 0 Å². The lowest BCUT2D eigenvalue weighted by Crippen LogP contribution is -1.98. The molecule has 0 radical (unpaired) electrons. The Morgan fingerprint density at radius 1 is 1.29 bits per heavy atom. The van der Waals surface area contributed by atoms with E-state index in [9.17, 15) is 0 Å². The average Bonchev–Trinajstić information content (AvgIpc) is 2.89. The Balaban J connectivity index is 2.17. The van der Waals surface area contributed by atoms with Gasteiger partial charge in [-0.05, 0) is 52.7 Å². The normalized spacial score (nSPS) is 11.0. The number of benzene rings is 2. The lowest BCUT2D eigenvalue weighted by molar-refractivity contribution is 0.415. The Bertz CT molecular complexity index is 847. The molecule has 0 spiro atoms. The number of nitrogen functional groups attached to an aromatic ring is 1. The Morgan fingerprint density at radius 2 is 2.05 bits per heavy atom. The highest BCUT2D eigenvalue weighted by Crippen LogP contribution is 2.31. The minimum absolute atomic E-state index is 0.506. The maximum atomic E-state index is 6.14. The van der Waals surface area contributed by atoms with Crippen LogP contribution in [0.15, 0.2) is 28.7 Å². The number of aryl methyl sites for hydroxylation is 1. The summed E-state index contributed by atoms with van der Waals surface area (Å²) in [7, 11) is 1.57. The first-order valence-electron chi connectivity index (χ1n) is 6.17. The van der Waals surface area contributed by atoms with E-state index in [1.54, 1.807) is 19.2 Å². The quantitative estimate of drug-likeness (QED) is 0.701. The fraction of sp³-hybridized carbons (Fsp3) is 0.143. The number of rotatable bonds is 2. The molecule has 0 saturated carbocycles. The van der Waals surface area contributed by atoms with E-state index in [-0.39, 0.29) is 0 Å². The molecule has 0 saturated heterocycles. The van der Waals surface area contributed by atoms with E-state index in [1.807, 2.05) is 19.1 Å². The van der Waals surface area contributed by atoms with Crippen LogP contribution in [0.3, 0.4) is 0 Å². The first-order chi connectivity index (χ1) is 10.0. The van der Waals surface area contributed by atoms with Crippen molar-refractivity contribution in [3.8, 4) is 11.4 Å². The van der Waals surface area contributed by atoms with Crippen LogP contribution < -0.4 is 10.5 Å². The third kappa shape index (κ3) is 2.34. The molecule has 0 bridgehead atoms. The molecule has 3 aromatic rings. The summed E-state index contributed by atoms with van der Waals surface area (Å²) in [5.74, 6) is 0.610. The van der Waals surface area contributed by atoms with E-state index in [1.165, 1.54) is 4.80 Å². The Hall–Kier alpha value is -1.79. The van der Waals surface area contributed by atoms with E-state index >= 15 is 0 Å². The lowest BCUT2D eigenvalue weighted by Gasteiger charge is -2.04. The molecule has 2 N–H and O–H groups in total. The highest BCUT2D eigenvalue weighted by Gasteiger charge is 2.13. The van der Waals surface area contributed by atoms with Crippen molar-refractivity contribution in [2.24, 2.45) is 0 Å². The molecular formula is C14H12BrClN4O. The summed E-state index contributed by atoms with van der Waals surface area (Å²) in [6.07, 6.45) is 0. The van der Waals surface area contributed by atoms with Gasteiger partial charge in [0.25, 0.3) is 0 Å². The molecule has 3 rings (SSSR count). The summed E-state index contributed by atoms with van der Waals surface area (Å²) in [4.78, 5) is 1.53. The van der Waals surface area contributed by atoms with Gasteiger partial charge in [-0.2, -0.15) is 4.80 Å². The molecule has 21 heavy (non-hydrogen) atoms. The standard InChI is InChI=1S/C14H12BrClN4O/c1-7-5-10-14(12(15)13(7)17)19-20(18-10)8-3-4-11(21-2)9(16)6-8/h3-6H,17H2,1-2H3. The number of methoxy groups -OCH3 is 1. The zero-order valence-corrected chi connectivity index (χ0v) is 13.7. The summed E-state index contributed by atoms with van der Waals surface area (Å²) < 4.78 is 5.89. The van der Waals surface area contributed by atoms with Crippen LogP contribution in [0.2, 0.25) is 5.02 Å². The van der Waals surface area contributed by atoms with Gasteiger partial charge in [0.2, 0.25) is 0 Å². The smallest absolute Gasteiger partial charge is 0.137 e. The minimum atomic E-state index is 0.506. The number of nitrogens with zero attached hydrogens (tertiary/aromatic N) is 3. The van der Waals surface area contributed by atoms with E-state index in [4.69, 9.17) is 22.1 Å². The second-order valence-electron chi connectivity index (χ2n) is 4.60. The predicted molar refractivity (Wildman–Crippen MR) is 87.3 cm³/mol. The fourth-order valence-electron chi connectivity index (χ4n) is 2.05. The Morgan fingerprint density at radius 3 is 2.71 bits per heavy atom. The summed E-state index contributed by atoms with van der Waals surface area (Å²) in [5, 5.41) is 9.43. The molecule has 0 amide bonds. The van der Waals surface area contributed by atoms with Gasteiger partial charge >= 0.3 is 0 Å². The molecule has 108 valence electrons. The molecule has 5 nitrogen and oxygen atoms in total. The summed E-state index contributed by atoms with van der Waals surface area (Å²) >= 11 is 9.60. The maximum absolute atomic E-state index is 6.14. The zero-order valence-electron chi connectivity index (χ0n) is 11.4. The molecule has 1 aromatic heterocycles. The third-order valence-corrected chi connectivity index (χ3v) is 4.33. The number of hydrogen-bond acceptors (Lipinski definition) is 4. The molecule has 0 unspecified atom stereocenters. The van der Waals surface area contributed by atoms with Gasteiger partial charge in [-0.3, -0.25) is 0 Å². The lowest BCUT2D eigenvalue weighted by atomic mass is 10.2. The van der Waals surface area contributed by atoms with Crippen LogP contribution >= 0.6 is 27.5 Å². The van der Waals surface area contributed by atoms with Gasteiger partial charge in [-0.15, -0.1) is 10.2 Å². The Labute approximate surface area is 134 Å². The zero-order chi connectivity index (χ0) is 15.1. The highest BCUT2D eigenvalue weighted by molar-refractivity contribution is 9.10. The topological polar surface area (TPSA) is 66.0 Å². The van der Waals surface area contributed by atoms with Gasteiger partial charge < -0.3 is 10.5 Å². The van der Waals surface area contributed by atoms with Crippen LogP contribution in [-0.2, 0) is 0 Å². The van der Waals surface area contributed by atoms with Gasteiger partial charge in [0.05, 0.1) is 28.0 Å². The summed E-state index contributed by atoms with van der Waals surface area (Å²) in [5.41, 5.74) is 9.85. The number of hydrogen-bond donors (Lipinski definition) is 1. The maximum Gasteiger partial charge on any atom is 0.137 e. The number of nitrogens with two attached hydrogens (primary N) is 1. The SMILES string of the molecule is COc1ccc(-n2nc3cc(C)c(N)c(Br)c3n2)cc1Cl. The van der Waals surface area contributed by atoms with Crippen molar-refractivity contribution in [2.75, 3.05) is 12.8 Å². The van der Waals surface area contributed by atoms with Crippen LogP contribution in [0, 0.1) is 6.92 Å². The van der Waals surface area contributed by atoms with Crippen LogP contribution in [0.25, 0.3) is 16.7 Å². The molecule has 0 atom stereocenters. The average molecular weight is 368 g/mol. The van der Waals surface area contributed by atoms with Crippen LogP contribution in [0.1, 0.15) is 5.56 Å². The van der Waals surface area contributed by atoms with Crippen molar-refractivity contribution in [3.63, 3.8) is 0 Å². The van der Waals surface area contributed by atoms with Crippen molar-refractivity contribution in [1.82, 2.24) is 15.0 Å². The van der Waals surface area contributed by atoms with Gasteiger partial charge in [-0.25, -0.2) is 0 Å². The predicted octanol–water partition coefficient (Wildman–Crippen LogP) is 3.74. The van der Waals surface area contributed by atoms with Crippen molar-refractivity contribution in [3.05, 3.63) is 39.3 Å². The minimum Gasteiger partial charge on any atom is -0.495 e. The number of ether oxygens (including phenoxy) is 1. The molecule has 0 fully saturated rings. The largest absolute Gasteiger partial charge is 0.495 e. The molecule has 0 aliphatic rings. The van der Waals surface area contributed by atoms with Gasteiger partial charge in [-0.1, -0.05) is 11.6 Å². The molecule has 1 heterocycles. The van der Waals surface area contributed by atoms with Crippen molar-refractivity contribution >= 4 is 44.3 Å². The molecule has 2 aromatic carbocycles. The van der Waals surface area contributed by atoms with Gasteiger partial charge in [0.1, 0.15) is 16.8 Å². The van der Waals surface area contributed by atoms with Crippen molar-refractivity contribution in [2.45, 2.75) is 6.92 Å². The molecule has 7 heteroatoms. The van der Waals surface area contributed by atoms with E-state index in [0.29, 0.717) is 22.0 Å². The van der Waals surface area contributed by atoms with Crippen LogP contribution in [0.5, 0.6) is 5.75 Å². The van der Waals surface area contributed by atoms with E-state index in [0.717, 1.165) is 21.2 Å². The fourth-order valence-corrected chi connectivity index (χ4v) is 2.90. The molecular weight excluding hydrogens is 356 g/mol. The number of aromatic nitrogens is 3. The molecule has 0 aliphatic heterocycles. The Kier molecular flexibility index (Phi) is 3.51.